The van der Waals surface area contributed by atoms with Crippen LogP contribution in [0.4, 0.5) is 11.4 Å². The molecule has 1 amide bonds. The van der Waals surface area contributed by atoms with E-state index in [1.54, 1.807) is 24.4 Å². The van der Waals surface area contributed by atoms with Gasteiger partial charge in [-0.25, -0.2) is 0 Å². The summed E-state index contributed by atoms with van der Waals surface area (Å²) < 4.78 is 0. The Labute approximate surface area is 118 Å². The third kappa shape index (κ3) is 3.26. The molecule has 5 nitrogen and oxygen atoms in total. The SMILES string of the molecule is CCc1cccnc1CNC(=O)c1cc(N)cc(N)c1. The van der Waals surface area contributed by atoms with Crippen LogP contribution < -0.4 is 16.8 Å². The number of nitrogens with zero attached hydrogens (tertiary/aromatic N) is 1. The number of hydrogen-bond donors (Lipinski definition) is 3. The molecule has 2 aromatic rings. The predicted octanol–water partition coefficient (Wildman–Crippen LogP) is 1.74. The van der Waals surface area contributed by atoms with Crippen LogP contribution in [0, 0.1) is 0 Å². The molecule has 0 aliphatic heterocycles. The van der Waals surface area contributed by atoms with Gasteiger partial charge in [-0.3, -0.25) is 9.78 Å². The zero-order valence-electron chi connectivity index (χ0n) is 11.4. The molecule has 0 radical (unpaired) electrons. The van der Waals surface area contributed by atoms with E-state index in [2.05, 4.69) is 17.2 Å². The van der Waals surface area contributed by atoms with Crippen LogP contribution in [-0.2, 0) is 13.0 Å². The van der Waals surface area contributed by atoms with Crippen molar-refractivity contribution in [2.24, 2.45) is 0 Å². The molecular formula is C15H18N4O. The molecular weight excluding hydrogens is 252 g/mol. The Morgan fingerprint density at radius 1 is 1.25 bits per heavy atom. The van der Waals surface area contributed by atoms with E-state index in [1.165, 1.54) is 0 Å². The number of aromatic nitrogens is 1. The van der Waals surface area contributed by atoms with Crippen molar-refractivity contribution in [3.8, 4) is 0 Å². The molecule has 0 atom stereocenters. The lowest BCUT2D eigenvalue weighted by atomic mass is 10.1. The molecule has 5 N–H and O–H groups in total. The Morgan fingerprint density at radius 2 is 1.95 bits per heavy atom. The van der Waals surface area contributed by atoms with Crippen LogP contribution in [-0.4, -0.2) is 10.9 Å². The number of nitrogens with two attached hydrogens (primary N) is 2. The highest BCUT2D eigenvalue weighted by Gasteiger charge is 2.08. The minimum Gasteiger partial charge on any atom is -0.399 e. The van der Waals surface area contributed by atoms with E-state index < -0.39 is 0 Å². The molecule has 0 saturated heterocycles. The quantitative estimate of drug-likeness (QED) is 0.737. The van der Waals surface area contributed by atoms with E-state index in [0.717, 1.165) is 17.7 Å². The molecule has 0 unspecified atom stereocenters. The lowest BCUT2D eigenvalue weighted by molar-refractivity contribution is 0.0950. The van der Waals surface area contributed by atoms with Crippen molar-refractivity contribution in [1.29, 1.82) is 0 Å². The minimum atomic E-state index is -0.211. The lowest BCUT2D eigenvalue weighted by Gasteiger charge is -2.09. The normalized spacial score (nSPS) is 10.2. The highest BCUT2D eigenvalue weighted by Crippen LogP contribution is 2.14. The number of benzene rings is 1. The first-order chi connectivity index (χ1) is 9.60. The highest BCUT2D eigenvalue weighted by atomic mass is 16.1. The Hall–Kier alpha value is -2.56. The number of nitrogen functional groups attached to an aromatic ring is 2. The van der Waals surface area contributed by atoms with E-state index in [9.17, 15) is 4.79 Å². The summed E-state index contributed by atoms with van der Waals surface area (Å²) in [7, 11) is 0. The van der Waals surface area contributed by atoms with Crippen molar-refractivity contribution in [2.75, 3.05) is 11.5 Å². The van der Waals surface area contributed by atoms with E-state index in [-0.39, 0.29) is 5.91 Å². The average molecular weight is 270 g/mol. The van der Waals surface area contributed by atoms with E-state index in [1.807, 2.05) is 12.1 Å². The van der Waals surface area contributed by atoms with Gasteiger partial charge in [0.1, 0.15) is 0 Å². The topological polar surface area (TPSA) is 94.0 Å². The molecule has 1 aromatic heterocycles. The third-order valence-electron chi connectivity index (χ3n) is 3.02. The predicted molar refractivity (Wildman–Crippen MR) is 80.1 cm³/mol. The minimum absolute atomic E-state index is 0.211. The van der Waals surface area contributed by atoms with Crippen molar-refractivity contribution < 1.29 is 4.79 Å². The van der Waals surface area contributed by atoms with Gasteiger partial charge in [-0.15, -0.1) is 0 Å². The van der Waals surface area contributed by atoms with Gasteiger partial charge >= 0.3 is 0 Å². The monoisotopic (exact) mass is 270 g/mol. The van der Waals surface area contributed by atoms with Gasteiger partial charge in [-0.05, 0) is 36.2 Å². The Morgan fingerprint density at radius 3 is 2.60 bits per heavy atom. The summed E-state index contributed by atoms with van der Waals surface area (Å²) in [6, 6.07) is 8.72. The molecule has 0 aliphatic carbocycles. The number of nitrogens with one attached hydrogen (secondary N) is 1. The van der Waals surface area contributed by atoms with Crippen LogP contribution in [0.2, 0.25) is 0 Å². The first-order valence-corrected chi connectivity index (χ1v) is 6.47. The molecule has 2 rings (SSSR count). The summed E-state index contributed by atoms with van der Waals surface area (Å²) in [4.78, 5) is 16.4. The first-order valence-electron chi connectivity index (χ1n) is 6.47. The molecule has 1 heterocycles. The number of amides is 1. The zero-order chi connectivity index (χ0) is 14.5. The fourth-order valence-electron chi connectivity index (χ4n) is 2.03. The maximum absolute atomic E-state index is 12.1. The second-order valence-electron chi connectivity index (χ2n) is 4.53. The van der Waals surface area contributed by atoms with Gasteiger partial charge in [0.15, 0.2) is 0 Å². The van der Waals surface area contributed by atoms with Gasteiger partial charge in [0, 0.05) is 23.1 Å². The van der Waals surface area contributed by atoms with Crippen LogP contribution in [0.1, 0.15) is 28.5 Å². The van der Waals surface area contributed by atoms with Crippen molar-refractivity contribution in [3.63, 3.8) is 0 Å². The molecule has 0 fully saturated rings. The van der Waals surface area contributed by atoms with E-state index in [0.29, 0.717) is 23.5 Å². The first kappa shape index (κ1) is 13.9. The van der Waals surface area contributed by atoms with E-state index in [4.69, 9.17) is 11.5 Å². The number of aryl methyl sites for hydroxylation is 1. The van der Waals surface area contributed by atoms with Gasteiger partial charge < -0.3 is 16.8 Å². The van der Waals surface area contributed by atoms with E-state index >= 15 is 0 Å². The summed E-state index contributed by atoms with van der Waals surface area (Å²) >= 11 is 0. The maximum atomic E-state index is 12.1. The second-order valence-corrected chi connectivity index (χ2v) is 4.53. The lowest BCUT2D eigenvalue weighted by Crippen LogP contribution is -2.24. The smallest absolute Gasteiger partial charge is 0.251 e. The number of anilines is 2. The number of pyridine rings is 1. The van der Waals surface area contributed by atoms with Gasteiger partial charge in [0.25, 0.3) is 5.91 Å². The number of carbonyl (C=O) groups is 1. The van der Waals surface area contributed by atoms with Crippen molar-refractivity contribution in [1.82, 2.24) is 10.3 Å². The molecule has 0 aliphatic rings. The largest absolute Gasteiger partial charge is 0.399 e. The summed E-state index contributed by atoms with van der Waals surface area (Å²) in [6.07, 6.45) is 2.60. The Balaban J connectivity index is 2.08. The van der Waals surface area contributed by atoms with Crippen LogP contribution in [0.25, 0.3) is 0 Å². The Bertz CT molecular complexity index is 605. The molecule has 20 heavy (non-hydrogen) atoms. The Kier molecular flexibility index (Phi) is 4.20. The van der Waals surface area contributed by atoms with Gasteiger partial charge in [-0.2, -0.15) is 0 Å². The van der Waals surface area contributed by atoms with Crippen molar-refractivity contribution in [3.05, 3.63) is 53.3 Å². The van der Waals surface area contributed by atoms with Gasteiger partial charge in [0.2, 0.25) is 0 Å². The van der Waals surface area contributed by atoms with Crippen molar-refractivity contribution in [2.45, 2.75) is 19.9 Å². The molecule has 0 spiro atoms. The molecule has 0 bridgehead atoms. The average Bonchev–Trinajstić information content (AvgIpc) is 2.44. The molecule has 5 heteroatoms. The summed E-state index contributed by atoms with van der Waals surface area (Å²) in [5.74, 6) is -0.211. The molecule has 1 aromatic carbocycles. The fourth-order valence-corrected chi connectivity index (χ4v) is 2.03. The number of hydrogen-bond acceptors (Lipinski definition) is 4. The highest BCUT2D eigenvalue weighted by molar-refractivity contribution is 5.96. The van der Waals surface area contributed by atoms with Crippen molar-refractivity contribution >= 4 is 17.3 Å². The zero-order valence-corrected chi connectivity index (χ0v) is 11.4. The molecule has 104 valence electrons. The van der Waals surface area contributed by atoms with Gasteiger partial charge in [-0.1, -0.05) is 13.0 Å². The van der Waals surface area contributed by atoms with Gasteiger partial charge in [0.05, 0.1) is 12.2 Å². The fraction of sp³-hybridized carbons (Fsp3) is 0.200. The van der Waals surface area contributed by atoms with Crippen LogP contribution in [0.15, 0.2) is 36.5 Å². The maximum Gasteiger partial charge on any atom is 0.251 e. The molecule has 0 saturated carbocycles. The van der Waals surface area contributed by atoms with Crippen LogP contribution in [0.5, 0.6) is 0 Å². The summed E-state index contributed by atoms with van der Waals surface area (Å²) in [6.45, 7) is 2.44. The summed E-state index contributed by atoms with van der Waals surface area (Å²) in [5, 5.41) is 2.83. The van der Waals surface area contributed by atoms with Crippen LogP contribution in [0.3, 0.4) is 0 Å². The number of rotatable bonds is 4. The number of carbonyl (C=O) groups excluding carboxylic acids is 1. The standard InChI is InChI=1S/C15H18N4O/c1-2-10-4-3-5-18-14(10)9-19-15(20)11-6-12(16)8-13(17)7-11/h3-8H,2,9,16-17H2,1H3,(H,19,20). The third-order valence-corrected chi connectivity index (χ3v) is 3.02. The second kappa shape index (κ2) is 6.06. The summed E-state index contributed by atoms with van der Waals surface area (Å²) in [5.41, 5.74) is 14.8. The van der Waals surface area contributed by atoms with Crippen LogP contribution >= 0.6 is 0 Å².